The molecule has 6 nitrogen and oxygen atoms in total. The first kappa shape index (κ1) is 23.8. The van der Waals surface area contributed by atoms with E-state index in [0.29, 0.717) is 23.5 Å². The molecule has 1 fully saturated rings. The van der Waals surface area contributed by atoms with Gasteiger partial charge in [0.05, 0.1) is 24.2 Å². The van der Waals surface area contributed by atoms with Gasteiger partial charge in [0.25, 0.3) is 5.56 Å². The molecular formula is C30H31N3O3. The average molecular weight is 482 g/mol. The number of para-hydroxylation sites is 2. The normalized spacial score (nSPS) is 14.4. The molecule has 184 valence electrons. The molecule has 0 radical (unpaired) electrons. The van der Waals surface area contributed by atoms with Gasteiger partial charge in [-0.15, -0.1) is 0 Å². The van der Waals surface area contributed by atoms with Gasteiger partial charge in [0.15, 0.2) is 11.5 Å². The summed E-state index contributed by atoms with van der Waals surface area (Å²) in [6.07, 6.45) is 7.23. The molecule has 0 spiro atoms. The maximum atomic E-state index is 13.5. The van der Waals surface area contributed by atoms with Gasteiger partial charge in [0.2, 0.25) is 0 Å². The van der Waals surface area contributed by atoms with Crippen molar-refractivity contribution in [2.24, 2.45) is 5.10 Å². The maximum Gasteiger partial charge on any atom is 0.282 e. The minimum Gasteiger partial charge on any atom is -0.493 e. The number of methoxy groups -OCH3 is 1. The Morgan fingerprint density at radius 3 is 2.56 bits per heavy atom. The smallest absolute Gasteiger partial charge is 0.282 e. The van der Waals surface area contributed by atoms with Crippen LogP contribution in [0.25, 0.3) is 10.9 Å². The average Bonchev–Trinajstić information content (AvgIpc) is 2.92. The summed E-state index contributed by atoms with van der Waals surface area (Å²) >= 11 is 0. The molecule has 6 heteroatoms. The molecule has 36 heavy (non-hydrogen) atoms. The molecule has 0 bridgehead atoms. The molecule has 1 aliphatic carbocycles. The van der Waals surface area contributed by atoms with E-state index >= 15 is 0 Å². The molecule has 4 aromatic rings. The minimum atomic E-state index is -0.151. The zero-order valence-corrected chi connectivity index (χ0v) is 20.8. The summed E-state index contributed by atoms with van der Waals surface area (Å²) in [4.78, 5) is 18.4. The topological polar surface area (TPSA) is 65.7 Å². The van der Waals surface area contributed by atoms with Gasteiger partial charge in [-0.3, -0.25) is 4.79 Å². The Kier molecular flexibility index (Phi) is 7.12. The van der Waals surface area contributed by atoms with Crippen molar-refractivity contribution < 1.29 is 9.47 Å². The van der Waals surface area contributed by atoms with Gasteiger partial charge < -0.3 is 9.47 Å². The number of fused-ring (bicyclic) bond motifs is 1. The minimum absolute atomic E-state index is 0.151. The largest absolute Gasteiger partial charge is 0.493 e. The van der Waals surface area contributed by atoms with Crippen molar-refractivity contribution >= 4 is 17.1 Å². The molecule has 0 N–H and O–H groups in total. The van der Waals surface area contributed by atoms with Crippen molar-refractivity contribution in [3.63, 3.8) is 0 Å². The first-order valence-corrected chi connectivity index (χ1v) is 12.6. The number of ether oxygens (including phenoxy) is 2. The summed E-state index contributed by atoms with van der Waals surface area (Å²) in [6, 6.07) is 21.4. The highest BCUT2D eigenvalue weighted by molar-refractivity contribution is 5.85. The first-order chi connectivity index (χ1) is 17.6. The van der Waals surface area contributed by atoms with Gasteiger partial charge in [-0.25, -0.2) is 4.98 Å². The standard InChI is InChI=1S/C30H31N3O3/c1-21-15-17-22(18-16-21)20-36-28-24(11-8-14-27(28)35-2)19-31-33-29(23-9-4-3-5-10-23)32-26-13-7-6-12-25(26)30(33)34/h6-8,11-19,23H,3-5,9-10,20H2,1-2H3. The van der Waals surface area contributed by atoms with Crippen molar-refractivity contribution in [2.45, 2.75) is 51.6 Å². The van der Waals surface area contributed by atoms with Gasteiger partial charge in [-0.1, -0.05) is 67.3 Å². The molecule has 0 aliphatic heterocycles. The van der Waals surface area contributed by atoms with Crippen LogP contribution in [0.3, 0.4) is 0 Å². The van der Waals surface area contributed by atoms with Crippen LogP contribution in [-0.4, -0.2) is 23.0 Å². The molecule has 0 atom stereocenters. The maximum absolute atomic E-state index is 13.5. The molecular weight excluding hydrogens is 450 g/mol. The second kappa shape index (κ2) is 10.8. The third kappa shape index (κ3) is 5.03. The number of hydrogen-bond acceptors (Lipinski definition) is 5. The zero-order valence-electron chi connectivity index (χ0n) is 20.8. The van der Waals surface area contributed by atoms with E-state index in [4.69, 9.17) is 14.5 Å². The van der Waals surface area contributed by atoms with Crippen LogP contribution in [-0.2, 0) is 6.61 Å². The Bertz CT molecular complexity index is 1430. The molecule has 1 aromatic heterocycles. The number of aryl methyl sites for hydroxylation is 1. The number of nitrogens with zero attached hydrogens (tertiary/aromatic N) is 3. The highest BCUT2D eigenvalue weighted by Gasteiger charge is 2.22. The summed E-state index contributed by atoms with van der Waals surface area (Å²) in [6.45, 7) is 2.46. The quantitative estimate of drug-likeness (QED) is 0.294. The van der Waals surface area contributed by atoms with Crippen molar-refractivity contribution in [1.29, 1.82) is 0 Å². The van der Waals surface area contributed by atoms with Gasteiger partial charge in [0.1, 0.15) is 12.4 Å². The predicted octanol–water partition coefficient (Wildman–Crippen LogP) is 6.22. The second-order valence-electron chi connectivity index (χ2n) is 9.34. The van der Waals surface area contributed by atoms with Gasteiger partial charge in [0, 0.05) is 11.5 Å². The van der Waals surface area contributed by atoms with E-state index in [-0.39, 0.29) is 11.5 Å². The van der Waals surface area contributed by atoms with Crippen LogP contribution in [0.15, 0.2) is 76.6 Å². The lowest BCUT2D eigenvalue weighted by Crippen LogP contribution is -2.25. The van der Waals surface area contributed by atoms with Crippen LogP contribution < -0.4 is 15.0 Å². The van der Waals surface area contributed by atoms with Crippen LogP contribution >= 0.6 is 0 Å². The van der Waals surface area contributed by atoms with Crippen molar-refractivity contribution in [2.75, 3.05) is 7.11 Å². The van der Waals surface area contributed by atoms with Crippen LogP contribution in [0.2, 0.25) is 0 Å². The fraction of sp³-hybridized carbons (Fsp3) is 0.300. The Hall–Kier alpha value is -3.93. The van der Waals surface area contributed by atoms with Crippen LogP contribution in [0.4, 0.5) is 0 Å². The lowest BCUT2D eigenvalue weighted by molar-refractivity contribution is 0.284. The summed E-state index contributed by atoms with van der Waals surface area (Å²) in [7, 11) is 1.62. The van der Waals surface area contributed by atoms with E-state index in [1.54, 1.807) is 13.3 Å². The molecule has 0 saturated heterocycles. The van der Waals surface area contributed by atoms with Crippen molar-refractivity contribution in [1.82, 2.24) is 9.66 Å². The highest BCUT2D eigenvalue weighted by atomic mass is 16.5. The molecule has 0 amide bonds. The molecule has 5 rings (SSSR count). The number of aromatic nitrogens is 2. The van der Waals surface area contributed by atoms with Gasteiger partial charge >= 0.3 is 0 Å². The molecule has 1 aliphatic rings. The Morgan fingerprint density at radius 2 is 1.78 bits per heavy atom. The summed E-state index contributed by atoms with van der Waals surface area (Å²) in [5.41, 5.74) is 3.56. The number of hydrogen-bond donors (Lipinski definition) is 0. The van der Waals surface area contributed by atoms with E-state index < -0.39 is 0 Å². The van der Waals surface area contributed by atoms with Crippen LogP contribution in [0.1, 0.15) is 60.5 Å². The Labute approximate surface area is 211 Å². The summed E-state index contributed by atoms with van der Waals surface area (Å²) < 4.78 is 13.3. The van der Waals surface area contributed by atoms with E-state index in [9.17, 15) is 4.79 Å². The van der Waals surface area contributed by atoms with E-state index in [2.05, 4.69) is 36.3 Å². The SMILES string of the molecule is COc1cccc(C=Nn2c(C3CCCCC3)nc3ccccc3c2=O)c1OCc1ccc(C)cc1. The zero-order chi connectivity index (χ0) is 24.9. The monoisotopic (exact) mass is 481 g/mol. The lowest BCUT2D eigenvalue weighted by Gasteiger charge is -2.22. The third-order valence-electron chi connectivity index (χ3n) is 6.79. The van der Waals surface area contributed by atoms with E-state index in [0.717, 1.165) is 48.2 Å². The number of benzene rings is 3. The van der Waals surface area contributed by atoms with Gasteiger partial charge in [-0.2, -0.15) is 9.78 Å². The van der Waals surface area contributed by atoms with Crippen LogP contribution in [0, 0.1) is 6.92 Å². The first-order valence-electron chi connectivity index (χ1n) is 12.6. The summed E-state index contributed by atoms with van der Waals surface area (Å²) in [5.74, 6) is 2.16. The van der Waals surface area contributed by atoms with Crippen molar-refractivity contribution in [3.05, 3.63) is 99.6 Å². The fourth-order valence-electron chi connectivity index (χ4n) is 4.79. The molecule has 1 heterocycles. The second-order valence-corrected chi connectivity index (χ2v) is 9.34. The molecule has 3 aromatic carbocycles. The Balaban J connectivity index is 1.53. The Morgan fingerprint density at radius 1 is 1.00 bits per heavy atom. The van der Waals surface area contributed by atoms with Gasteiger partial charge in [-0.05, 0) is 49.6 Å². The third-order valence-corrected chi connectivity index (χ3v) is 6.79. The van der Waals surface area contributed by atoms with Crippen molar-refractivity contribution in [3.8, 4) is 11.5 Å². The molecule has 0 unspecified atom stereocenters. The lowest BCUT2D eigenvalue weighted by atomic mass is 9.88. The molecule has 1 saturated carbocycles. The van der Waals surface area contributed by atoms with Crippen LogP contribution in [0.5, 0.6) is 11.5 Å². The van der Waals surface area contributed by atoms with E-state index in [1.807, 2.05) is 42.5 Å². The summed E-state index contributed by atoms with van der Waals surface area (Å²) in [5, 5.41) is 5.25. The van der Waals surface area contributed by atoms with E-state index in [1.165, 1.54) is 16.7 Å². The predicted molar refractivity (Wildman–Crippen MR) is 143 cm³/mol. The fourth-order valence-corrected chi connectivity index (χ4v) is 4.79. The number of rotatable bonds is 7. The highest BCUT2D eigenvalue weighted by Crippen LogP contribution is 2.33.